The fraction of sp³-hybridized carbons (Fsp3) is 0.222. The first-order valence-corrected chi connectivity index (χ1v) is 17.2. The van der Waals surface area contributed by atoms with Crippen LogP contribution in [0.5, 0.6) is 11.5 Å². The van der Waals surface area contributed by atoms with Crippen LogP contribution in [0.2, 0.25) is 0 Å². The Balaban J connectivity index is 1.38. The molecule has 0 bridgehead atoms. The number of benzene rings is 5. The van der Waals surface area contributed by atoms with Gasteiger partial charge < -0.3 is 14.5 Å². The lowest BCUT2D eigenvalue weighted by atomic mass is 9.66. The summed E-state index contributed by atoms with van der Waals surface area (Å²) < 4.78 is 6.84. The molecule has 0 atom stereocenters. The van der Waals surface area contributed by atoms with E-state index >= 15 is 0 Å². The molecule has 0 aliphatic carbocycles. The van der Waals surface area contributed by atoms with Gasteiger partial charge >= 0.3 is 0 Å². The van der Waals surface area contributed by atoms with E-state index in [4.69, 9.17) is 9.72 Å². The van der Waals surface area contributed by atoms with Gasteiger partial charge in [-0.15, -0.1) is 0 Å². The van der Waals surface area contributed by atoms with Crippen LogP contribution in [-0.4, -0.2) is 18.7 Å². The second-order valence-electron chi connectivity index (χ2n) is 14.5. The number of nitrogens with zero attached hydrogens (tertiary/aromatic N) is 3. The number of ether oxygens (including phenoxy) is 1. The standard InChI is InChI=1S/C45H45N3O/c1-32(2)33-26-38(48-31-47(6)41-22-13-14-23-42(41)48)30-40(27-33)49-39-21-15-20-37(28-39)45(34-16-9-7-10-17-34,35-18-11-8-12-19-35)43-29-36(24-25-46-43)44(3,4)5/h7-30,32H,31H2,1-6H3. The summed E-state index contributed by atoms with van der Waals surface area (Å²) >= 11 is 0. The zero-order valence-corrected chi connectivity index (χ0v) is 29.4. The summed E-state index contributed by atoms with van der Waals surface area (Å²) in [6.45, 7) is 12.0. The number of hydrogen-bond acceptors (Lipinski definition) is 4. The summed E-state index contributed by atoms with van der Waals surface area (Å²) in [5, 5.41) is 0. The maximum Gasteiger partial charge on any atom is 0.129 e. The van der Waals surface area contributed by atoms with Crippen molar-refractivity contribution in [3.05, 3.63) is 179 Å². The molecule has 1 aliphatic heterocycles. The van der Waals surface area contributed by atoms with E-state index in [9.17, 15) is 0 Å². The van der Waals surface area contributed by atoms with Gasteiger partial charge in [-0.25, -0.2) is 0 Å². The molecule has 4 nitrogen and oxygen atoms in total. The third kappa shape index (κ3) is 6.08. The van der Waals surface area contributed by atoms with E-state index in [0.717, 1.165) is 46.2 Å². The molecule has 0 fully saturated rings. The quantitative estimate of drug-likeness (QED) is 0.154. The van der Waals surface area contributed by atoms with Crippen LogP contribution in [0.25, 0.3) is 0 Å². The maximum atomic E-state index is 6.84. The van der Waals surface area contributed by atoms with Crippen LogP contribution < -0.4 is 14.5 Å². The third-order valence-electron chi connectivity index (χ3n) is 9.76. The van der Waals surface area contributed by atoms with E-state index in [-0.39, 0.29) is 5.41 Å². The van der Waals surface area contributed by atoms with Gasteiger partial charge in [0, 0.05) is 25.0 Å². The Kier molecular flexibility index (Phi) is 8.50. The maximum absolute atomic E-state index is 6.84. The van der Waals surface area contributed by atoms with Crippen molar-refractivity contribution in [3.8, 4) is 11.5 Å². The van der Waals surface area contributed by atoms with Crippen molar-refractivity contribution in [2.45, 2.75) is 51.4 Å². The lowest BCUT2D eigenvalue weighted by Crippen LogP contribution is -2.32. The van der Waals surface area contributed by atoms with E-state index in [0.29, 0.717) is 5.92 Å². The molecule has 2 heterocycles. The number of hydrogen-bond donors (Lipinski definition) is 0. The van der Waals surface area contributed by atoms with Crippen molar-refractivity contribution in [1.82, 2.24) is 4.98 Å². The highest BCUT2D eigenvalue weighted by Crippen LogP contribution is 2.47. The van der Waals surface area contributed by atoms with Gasteiger partial charge in [-0.05, 0) is 87.7 Å². The predicted octanol–water partition coefficient (Wildman–Crippen LogP) is 11.2. The van der Waals surface area contributed by atoms with Crippen LogP contribution in [0.4, 0.5) is 17.1 Å². The Morgan fingerprint density at radius 1 is 0.612 bits per heavy atom. The fourth-order valence-electron chi connectivity index (χ4n) is 7.11. The SMILES string of the molecule is CC(C)c1cc(Oc2cccc(C(c3ccccc3)(c3ccccc3)c3cc(C(C)(C)C)ccn3)c2)cc(N2CN(C)c3ccccc32)c1. The van der Waals surface area contributed by atoms with Crippen LogP contribution >= 0.6 is 0 Å². The highest BCUT2D eigenvalue weighted by atomic mass is 16.5. The molecule has 0 amide bonds. The number of para-hydroxylation sites is 2. The normalized spacial score (nSPS) is 13.1. The van der Waals surface area contributed by atoms with Crippen molar-refractivity contribution in [3.63, 3.8) is 0 Å². The van der Waals surface area contributed by atoms with E-state index in [1.807, 2.05) is 6.20 Å². The monoisotopic (exact) mass is 643 g/mol. The van der Waals surface area contributed by atoms with Gasteiger partial charge in [-0.2, -0.15) is 0 Å². The highest BCUT2D eigenvalue weighted by Gasteiger charge is 2.40. The molecule has 0 radical (unpaired) electrons. The molecular formula is C45H45N3O. The average molecular weight is 644 g/mol. The Morgan fingerprint density at radius 3 is 1.90 bits per heavy atom. The largest absolute Gasteiger partial charge is 0.457 e. The van der Waals surface area contributed by atoms with Gasteiger partial charge in [0.25, 0.3) is 0 Å². The molecule has 0 saturated carbocycles. The molecule has 1 aliphatic rings. The van der Waals surface area contributed by atoms with Gasteiger partial charge in [0.05, 0.1) is 29.2 Å². The lowest BCUT2D eigenvalue weighted by molar-refractivity contribution is 0.480. The summed E-state index contributed by atoms with van der Waals surface area (Å²) in [7, 11) is 2.14. The summed E-state index contributed by atoms with van der Waals surface area (Å²) in [5.41, 5.74) is 9.70. The van der Waals surface area contributed by atoms with Crippen molar-refractivity contribution >= 4 is 17.1 Å². The van der Waals surface area contributed by atoms with Gasteiger partial charge in [-0.1, -0.05) is 120 Å². The number of fused-ring (bicyclic) bond motifs is 1. The van der Waals surface area contributed by atoms with Crippen LogP contribution in [0.15, 0.2) is 146 Å². The molecule has 49 heavy (non-hydrogen) atoms. The number of aromatic nitrogens is 1. The van der Waals surface area contributed by atoms with Gasteiger partial charge in [0.15, 0.2) is 0 Å². The lowest BCUT2D eigenvalue weighted by Gasteiger charge is -2.36. The van der Waals surface area contributed by atoms with Gasteiger partial charge in [-0.3, -0.25) is 4.98 Å². The smallest absolute Gasteiger partial charge is 0.129 e. The summed E-state index contributed by atoms with van der Waals surface area (Å²) in [5.74, 6) is 1.95. The molecule has 246 valence electrons. The first-order valence-electron chi connectivity index (χ1n) is 17.2. The zero-order valence-electron chi connectivity index (χ0n) is 29.4. The molecular weight excluding hydrogens is 599 g/mol. The molecule has 1 aromatic heterocycles. The molecule has 0 spiro atoms. The van der Waals surface area contributed by atoms with E-state index in [1.165, 1.54) is 22.5 Å². The highest BCUT2D eigenvalue weighted by molar-refractivity contribution is 5.82. The third-order valence-corrected chi connectivity index (χ3v) is 9.76. The Hall–Kier alpha value is -5.35. The Morgan fingerprint density at radius 2 is 1.24 bits per heavy atom. The topological polar surface area (TPSA) is 28.6 Å². The Labute approximate surface area is 291 Å². The van der Waals surface area contributed by atoms with Crippen LogP contribution in [0.1, 0.15) is 74.0 Å². The minimum Gasteiger partial charge on any atom is -0.457 e. The number of rotatable bonds is 8. The molecule has 0 N–H and O–H groups in total. The minimum absolute atomic E-state index is 0.0361. The van der Waals surface area contributed by atoms with Crippen LogP contribution in [0.3, 0.4) is 0 Å². The van der Waals surface area contributed by atoms with Crippen LogP contribution in [-0.2, 0) is 10.8 Å². The van der Waals surface area contributed by atoms with Crippen molar-refractivity contribution < 1.29 is 4.74 Å². The Bertz CT molecular complexity index is 2020. The number of anilines is 3. The molecule has 4 heteroatoms. The second-order valence-corrected chi connectivity index (χ2v) is 14.5. The average Bonchev–Trinajstić information content (AvgIpc) is 3.46. The second kappa shape index (κ2) is 12.9. The molecule has 6 aromatic rings. The van der Waals surface area contributed by atoms with E-state index in [1.54, 1.807) is 0 Å². The van der Waals surface area contributed by atoms with E-state index in [2.05, 4.69) is 191 Å². The van der Waals surface area contributed by atoms with E-state index < -0.39 is 5.41 Å². The molecule has 0 unspecified atom stereocenters. The van der Waals surface area contributed by atoms with Crippen LogP contribution in [0, 0.1) is 0 Å². The van der Waals surface area contributed by atoms with Crippen molar-refractivity contribution in [1.29, 1.82) is 0 Å². The minimum atomic E-state index is -0.683. The first-order chi connectivity index (χ1) is 23.6. The van der Waals surface area contributed by atoms with Crippen molar-refractivity contribution in [2.24, 2.45) is 0 Å². The van der Waals surface area contributed by atoms with Crippen molar-refractivity contribution in [2.75, 3.05) is 23.5 Å². The first kappa shape index (κ1) is 32.2. The molecule has 7 rings (SSSR count). The molecule has 5 aromatic carbocycles. The summed E-state index contributed by atoms with van der Waals surface area (Å²) in [6.07, 6.45) is 1.96. The predicted molar refractivity (Wildman–Crippen MR) is 204 cm³/mol. The van der Waals surface area contributed by atoms with Gasteiger partial charge in [0.2, 0.25) is 0 Å². The number of pyridine rings is 1. The fourth-order valence-corrected chi connectivity index (χ4v) is 7.11. The zero-order chi connectivity index (χ0) is 34.2. The summed E-state index contributed by atoms with van der Waals surface area (Å²) in [4.78, 5) is 9.79. The molecule has 0 saturated heterocycles. The van der Waals surface area contributed by atoms with Gasteiger partial charge in [0.1, 0.15) is 11.5 Å². The summed E-state index contributed by atoms with van der Waals surface area (Å²) in [6, 6.07) is 49.8.